The molecule has 16 heavy (non-hydrogen) atoms. The average molecular weight is 212 g/mol. The van der Waals surface area contributed by atoms with Gasteiger partial charge in [0, 0.05) is 24.5 Å². The Bertz CT molecular complexity index is 507. The molecule has 2 N–H and O–H groups in total. The summed E-state index contributed by atoms with van der Waals surface area (Å²) in [5.41, 5.74) is 9.09. The summed E-state index contributed by atoms with van der Waals surface area (Å²) >= 11 is 0. The molecule has 2 heterocycles. The van der Waals surface area contributed by atoms with Gasteiger partial charge in [-0.15, -0.1) is 0 Å². The van der Waals surface area contributed by atoms with Gasteiger partial charge >= 0.3 is 0 Å². The average Bonchev–Trinajstić information content (AvgIpc) is 2.74. The third-order valence-corrected chi connectivity index (χ3v) is 3.05. The van der Waals surface area contributed by atoms with E-state index in [0.29, 0.717) is 11.9 Å². The van der Waals surface area contributed by atoms with E-state index in [1.54, 1.807) is 12.4 Å². The standard InChI is InChI=1S/C12H12N4/c13-12-15-6-9(7-16-12)10-4-3-8-2-1-5-14-11(8)10/h1-2,5-7,10H,3-4H2,(H2,13,15,16). The summed E-state index contributed by atoms with van der Waals surface area (Å²) in [4.78, 5) is 12.5. The number of hydrogen-bond acceptors (Lipinski definition) is 4. The Morgan fingerprint density at radius 3 is 2.81 bits per heavy atom. The molecule has 0 saturated heterocycles. The highest BCUT2D eigenvalue weighted by molar-refractivity contribution is 5.36. The summed E-state index contributed by atoms with van der Waals surface area (Å²) in [7, 11) is 0. The fourth-order valence-electron chi connectivity index (χ4n) is 2.27. The highest BCUT2D eigenvalue weighted by Crippen LogP contribution is 2.35. The van der Waals surface area contributed by atoms with Crippen molar-refractivity contribution in [1.82, 2.24) is 15.0 Å². The van der Waals surface area contributed by atoms with Gasteiger partial charge in [-0.2, -0.15) is 0 Å². The molecule has 4 heteroatoms. The van der Waals surface area contributed by atoms with Gasteiger partial charge in [-0.3, -0.25) is 4.98 Å². The Kier molecular flexibility index (Phi) is 2.06. The summed E-state index contributed by atoms with van der Waals surface area (Å²) in [5, 5.41) is 0. The van der Waals surface area contributed by atoms with Crippen LogP contribution in [0, 0.1) is 0 Å². The van der Waals surface area contributed by atoms with E-state index in [1.807, 2.05) is 12.3 Å². The minimum absolute atomic E-state index is 0.322. The van der Waals surface area contributed by atoms with Gasteiger partial charge in [-0.1, -0.05) is 6.07 Å². The first-order chi connectivity index (χ1) is 7.84. The topological polar surface area (TPSA) is 64.7 Å². The van der Waals surface area contributed by atoms with Crippen molar-refractivity contribution in [2.45, 2.75) is 18.8 Å². The van der Waals surface area contributed by atoms with Crippen LogP contribution < -0.4 is 5.73 Å². The molecule has 0 bridgehead atoms. The molecular weight excluding hydrogens is 200 g/mol. The number of aromatic nitrogens is 3. The van der Waals surface area contributed by atoms with Crippen LogP contribution in [0.4, 0.5) is 5.95 Å². The second kappa shape index (κ2) is 3.56. The Morgan fingerprint density at radius 2 is 2.00 bits per heavy atom. The molecular formula is C12H12N4. The van der Waals surface area contributed by atoms with Crippen LogP contribution in [-0.4, -0.2) is 15.0 Å². The monoisotopic (exact) mass is 212 g/mol. The Balaban J connectivity index is 2.01. The van der Waals surface area contributed by atoms with Crippen LogP contribution in [0.2, 0.25) is 0 Å². The van der Waals surface area contributed by atoms with E-state index in [4.69, 9.17) is 5.73 Å². The smallest absolute Gasteiger partial charge is 0.219 e. The molecule has 1 unspecified atom stereocenters. The van der Waals surface area contributed by atoms with Crippen LogP contribution in [0.1, 0.15) is 29.2 Å². The van der Waals surface area contributed by atoms with Crippen molar-refractivity contribution in [2.75, 3.05) is 5.73 Å². The molecule has 2 aromatic rings. The van der Waals surface area contributed by atoms with Crippen molar-refractivity contribution in [1.29, 1.82) is 0 Å². The summed E-state index contributed by atoms with van der Waals surface area (Å²) in [5.74, 6) is 0.653. The number of fused-ring (bicyclic) bond motifs is 1. The van der Waals surface area contributed by atoms with Gasteiger partial charge in [0.25, 0.3) is 0 Å². The molecule has 80 valence electrons. The van der Waals surface area contributed by atoms with Gasteiger partial charge in [-0.25, -0.2) is 9.97 Å². The molecule has 1 atom stereocenters. The number of hydrogen-bond donors (Lipinski definition) is 1. The van der Waals surface area contributed by atoms with E-state index >= 15 is 0 Å². The maximum absolute atomic E-state index is 5.48. The van der Waals surface area contributed by atoms with E-state index in [1.165, 1.54) is 5.56 Å². The summed E-state index contributed by atoms with van der Waals surface area (Å²) in [6, 6.07) is 4.13. The highest BCUT2D eigenvalue weighted by atomic mass is 15.0. The zero-order valence-electron chi connectivity index (χ0n) is 8.80. The fraction of sp³-hybridized carbons (Fsp3) is 0.250. The molecule has 2 aromatic heterocycles. The Labute approximate surface area is 93.6 Å². The first-order valence-corrected chi connectivity index (χ1v) is 5.36. The number of rotatable bonds is 1. The number of nitrogens with two attached hydrogens (primary N) is 1. The third-order valence-electron chi connectivity index (χ3n) is 3.05. The minimum atomic E-state index is 0.322. The molecule has 0 fully saturated rings. The first kappa shape index (κ1) is 9.27. The number of pyridine rings is 1. The second-order valence-electron chi connectivity index (χ2n) is 4.01. The fourth-order valence-corrected chi connectivity index (χ4v) is 2.27. The summed E-state index contributed by atoms with van der Waals surface area (Å²) in [6.45, 7) is 0. The van der Waals surface area contributed by atoms with E-state index in [2.05, 4.69) is 21.0 Å². The number of nitrogen functional groups attached to an aromatic ring is 1. The normalized spacial score (nSPS) is 18.4. The van der Waals surface area contributed by atoms with Gasteiger partial charge in [0.15, 0.2) is 0 Å². The maximum Gasteiger partial charge on any atom is 0.219 e. The third kappa shape index (κ3) is 1.43. The number of nitrogens with zero attached hydrogens (tertiary/aromatic N) is 3. The lowest BCUT2D eigenvalue weighted by Crippen LogP contribution is -2.02. The predicted molar refractivity (Wildman–Crippen MR) is 60.8 cm³/mol. The van der Waals surface area contributed by atoms with Gasteiger partial charge in [0.1, 0.15) is 0 Å². The zero-order chi connectivity index (χ0) is 11.0. The Hall–Kier alpha value is -1.97. The van der Waals surface area contributed by atoms with Crippen molar-refractivity contribution in [2.24, 2.45) is 0 Å². The van der Waals surface area contributed by atoms with Crippen LogP contribution in [0.25, 0.3) is 0 Å². The van der Waals surface area contributed by atoms with Crippen LogP contribution in [0.15, 0.2) is 30.7 Å². The molecule has 1 aliphatic carbocycles. The molecule has 0 aliphatic heterocycles. The van der Waals surface area contributed by atoms with Gasteiger partial charge in [0.05, 0.1) is 5.69 Å². The van der Waals surface area contributed by atoms with Crippen LogP contribution >= 0.6 is 0 Å². The molecule has 3 rings (SSSR count). The first-order valence-electron chi connectivity index (χ1n) is 5.36. The van der Waals surface area contributed by atoms with Crippen molar-refractivity contribution >= 4 is 5.95 Å². The lowest BCUT2D eigenvalue weighted by molar-refractivity contribution is 0.763. The molecule has 0 saturated carbocycles. The zero-order valence-corrected chi connectivity index (χ0v) is 8.80. The molecule has 0 radical (unpaired) electrons. The van der Waals surface area contributed by atoms with Crippen LogP contribution in [0.3, 0.4) is 0 Å². The van der Waals surface area contributed by atoms with E-state index in [9.17, 15) is 0 Å². The molecule has 4 nitrogen and oxygen atoms in total. The van der Waals surface area contributed by atoms with E-state index in [-0.39, 0.29) is 0 Å². The van der Waals surface area contributed by atoms with Gasteiger partial charge in [-0.05, 0) is 30.0 Å². The molecule has 0 amide bonds. The molecule has 1 aliphatic rings. The lowest BCUT2D eigenvalue weighted by atomic mass is 10.00. The quantitative estimate of drug-likeness (QED) is 0.778. The number of anilines is 1. The highest BCUT2D eigenvalue weighted by Gasteiger charge is 2.25. The van der Waals surface area contributed by atoms with Gasteiger partial charge < -0.3 is 5.73 Å². The molecule has 0 spiro atoms. The van der Waals surface area contributed by atoms with Gasteiger partial charge in [0.2, 0.25) is 5.95 Å². The SMILES string of the molecule is Nc1ncc(C2CCc3cccnc32)cn1. The largest absolute Gasteiger partial charge is 0.368 e. The van der Waals surface area contributed by atoms with Crippen molar-refractivity contribution < 1.29 is 0 Å². The predicted octanol–water partition coefficient (Wildman–Crippen LogP) is 1.53. The van der Waals surface area contributed by atoms with Crippen LogP contribution in [-0.2, 0) is 6.42 Å². The summed E-state index contributed by atoms with van der Waals surface area (Å²) < 4.78 is 0. The lowest BCUT2D eigenvalue weighted by Gasteiger charge is -2.09. The minimum Gasteiger partial charge on any atom is -0.368 e. The Morgan fingerprint density at radius 1 is 1.19 bits per heavy atom. The van der Waals surface area contributed by atoms with Crippen molar-refractivity contribution in [3.63, 3.8) is 0 Å². The number of aryl methyl sites for hydroxylation is 1. The summed E-state index contributed by atoms with van der Waals surface area (Å²) in [6.07, 6.45) is 7.61. The van der Waals surface area contributed by atoms with E-state index < -0.39 is 0 Å². The van der Waals surface area contributed by atoms with Crippen LogP contribution in [0.5, 0.6) is 0 Å². The molecule has 0 aromatic carbocycles. The maximum atomic E-state index is 5.48. The van der Waals surface area contributed by atoms with E-state index in [0.717, 1.165) is 24.1 Å². The van der Waals surface area contributed by atoms with Crippen molar-refractivity contribution in [3.8, 4) is 0 Å². The second-order valence-corrected chi connectivity index (χ2v) is 4.01. The van der Waals surface area contributed by atoms with Crippen molar-refractivity contribution in [3.05, 3.63) is 47.5 Å².